The van der Waals surface area contributed by atoms with Gasteiger partial charge in [-0.05, 0) is 58.1 Å². The van der Waals surface area contributed by atoms with E-state index in [9.17, 15) is 19.2 Å². The molecule has 41 heavy (non-hydrogen) atoms. The molecular formula is C29H43N7O5. The standard InChI is InChI=1S/C29H43N7O5/c1-20(2)35-24-8-5-6-9-25(24)36(28(35)39)26(37)30-21-18-22-10-11-23(19-21)34(22)12-7-17-41-29(40)33-15-13-32(14-16-33)27(38)31(3)4/h5-6,8-9,20-23H,7,10-19H2,1-4H3,(H,30,37)/t22-,23-/m1/s1. The normalized spacial score (nSPS) is 22.8. The Balaban J connectivity index is 1.08. The van der Waals surface area contributed by atoms with Crippen LogP contribution < -0.4 is 11.0 Å². The van der Waals surface area contributed by atoms with Crippen LogP contribution in [-0.4, -0.2) is 118 Å². The van der Waals surface area contributed by atoms with Gasteiger partial charge in [-0.1, -0.05) is 12.1 Å². The molecule has 1 aromatic carbocycles. The second kappa shape index (κ2) is 12.1. The zero-order valence-electron chi connectivity index (χ0n) is 24.6. The minimum atomic E-state index is -0.359. The molecule has 0 radical (unpaired) electrons. The molecule has 4 heterocycles. The first kappa shape index (κ1) is 29.0. The lowest BCUT2D eigenvalue weighted by molar-refractivity contribution is 0.0688. The lowest BCUT2D eigenvalue weighted by Gasteiger charge is -2.39. The third-order valence-corrected chi connectivity index (χ3v) is 8.69. The van der Waals surface area contributed by atoms with Crippen LogP contribution in [0.5, 0.6) is 0 Å². The van der Waals surface area contributed by atoms with Crippen molar-refractivity contribution in [1.29, 1.82) is 0 Å². The Morgan fingerprint density at radius 1 is 0.976 bits per heavy atom. The lowest BCUT2D eigenvalue weighted by Crippen LogP contribution is -2.53. The molecule has 0 aliphatic carbocycles. The number of para-hydroxylation sites is 2. The van der Waals surface area contributed by atoms with Gasteiger partial charge >= 0.3 is 23.8 Å². The molecule has 0 saturated carbocycles. The minimum absolute atomic E-state index is 0.0141. The van der Waals surface area contributed by atoms with Gasteiger partial charge in [-0.2, -0.15) is 0 Å². The zero-order chi connectivity index (χ0) is 29.3. The van der Waals surface area contributed by atoms with Crippen molar-refractivity contribution >= 4 is 29.2 Å². The van der Waals surface area contributed by atoms with Crippen LogP contribution in [-0.2, 0) is 4.74 Å². The number of carbonyl (C=O) groups is 3. The summed E-state index contributed by atoms with van der Waals surface area (Å²) in [5.41, 5.74) is 1.08. The predicted octanol–water partition coefficient (Wildman–Crippen LogP) is 2.76. The van der Waals surface area contributed by atoms with Crippen LogP contribution in [0.15, 0.2) is 29.1 Å². The van der Waals surface area contributed by atoms with E-state index < -0.39 is 0 Å². The van der Waals surface area contributed by atoms with Crippen LogP contribution in [0.3, 0.4) is 0 Å². The number of aromatic nitrogens is 2. The molecule has 224 valence electrons. The minimum Gasteiger partial charge on any atom is -0.449 e. The summed E-state index contributed by atoms with van der Waals surface area (Å²) in [7, 11) is 3.45. The molecule has 1 N–H and O–H groups in total. The zero-order valence-corrected chi connectivity index (χ0v) is 24.6. The molecule has 4 amide bonds. The Morgan fingerprint density at radius 3 is 2.20 bits per heavy atom. The molecule has 2 aromatic rings. The molecule has 12 nitrogen and oxygen atoms in total. The Hall–Kier alpha value is -3.54. The SMILES string of the molecule is CC(C)n1c(=O)n(C(=O)NC2C[C@H]3CC[C@H](C2)N3CCCOC(=O)N2CCN(C(=O)N(C)C)CC2)c2ccccc21. The molecule has 1 aromatic heterocycles. The number of nitrogens with zero attached hydrogens (tertiary/aromatic N) is 6. The van der Waals surface area contributed by atoms with Gasteiger partial charge in [0.2, 0.25) is 0 Å². The van der Waals surface area contributed by atoms with Crippen LogP contribution in [0.4, 0.5) is 14.4 Å². The molecule has 3 saturated heterocycles. The first-order chi connectivity index (χ1) is 19.7. The number of carbonyl (C=O) groups excluding carboxylic acids is 3. The highest BCUT2D eigenvalue weighted by Crippen LogP contribution is 2.36. The van der Waals surface area contributed by atoms with Crippen molar-refractivity contribution in [3.8, 4) is 0 Å². The van der Waals surface area contributed by atoms with Crippen molar-refractivity contribution in [3.05, 3.63) is 34.7 Å². The maximum atomic E-state index is 13.3. The smallest absolute Gasteiger partial charge is 0.409 e. The van der Waals surface area contributed by atoms with E-state index in [0.717, 1.165) is 44.2 Å². The summed E-state index contributed by atoms with van der Waals surface area (Å²) in [6.07, 6.45) is 4.28. The van der Waals surface area contributed by atoms with E-state index in [1.54, 1.807) is 33.4 Å². The number of amides is 4. The van der Waals surface area contributed by atoms with E-state index >= 15 is 0 Å². The van der Waals surface area contributed by atoms with Crippen molar-refractivity contribution < 1.29 is 19.1 Å². The quantitative estimate of drug-likeness (QED) is 0.536. The number of nitrogens with one attached hydrogen (secondary N) is 1. The number of ether oxygens (including phenoxy) is 1. The fraction of sp³-hybridized carbons (Fsp3) is 0.655. The number of fused-ring (bicyclic) bond motifs is 3. The highest BCUT2D eigenvalue weighted by atomic mass is 16.6. The van der Waals surface area contributed by atoms with Crippen LogP contribution >= 0.6 is 0 Å². The van der Waals surface area contributed by atoms with Crippen LogP contribution in [0, 0.1) is 0 Å². The highest BCUT2D eigenvalue weighted by molar-refractivity contribution is 5.89. The third-order valence-electron chi connectivity index (χ3n) is 8.69. The van der Waals surface area contributed by atoms with Gasteiger partial charge in [-0.15, -0.1) is 0 Å². The summed E-state index contributed by atoms with van der Waals surface area (Å²) in [5, 5.41) is 3.16. The number of imidazole rings is 1. The molecule has 2 bridgehead atoms. The molecule has 0 spiro atoms. The largest absolute Gasteiger partial charge is 0.449 e. The Labute approximate surface area is 240 Å². The van der Waals surface area contributed by atoms with Crippen LogP contribution in [0.2, 0.25) is 0 Å². The Morgan fingerprint density at radius 2 is 1.59 bits per heavy atom. The predicted molar refractivity (Wildman–Crippen MR) is 155 cm³/mol. The summed E-state index contributed by atoms with van der Waals surface area (Å²) in [4.78, 5) is 58.6. The maximum absolute atomic E-state index is 13.3. The monoisotopic (exact) mass is 569 g/mol. The van der Waals surface area contributed by atoms with Gasteiger partial charge in [-0.25, -0.2) is 23.7 Å². The number of piperidine rings is 1. The van der Waals surface area contributed by atoms with Crippen molar-refractivity contribution in [2.45, 2.75) is 70.1 Å². The molecule has 3 aliphatic heterocycles. The van der Waals surface area contributed by atoms with E-state index in [2.05, 4.69) is 10.2 Å². The summed E-state index contributed by atoms with van der Waals surface area (Å²) in [6.45, 7) is 7.06. The van der Waals surface area contributed by atoms with Gasteiger partial charge in [0, 0.05) is 71.0 Å². The lowest BCUT2D eigenvalue weighted by atomic mass is 9.97. The van der Waals surface area contributed by atoms with Gasteiger partial charge in [0.05, 0.1) is 17.6 Å². The first-order valence-electron chi connectivity index (χ1n) is 14.8. The summed E-state index contributed by atoms with van der Waals surface area (Å²) < 4.78 is 8.49. The second-order valence-corrected chi connectivity index (χ2v) is 11.9. The van der Waals surface area contributed by atoms with E-state index in [4.69, 9.17) is 4.74 Å². The molecule has 5 rings (SSSR count). The van der Waals surface area contributed by atoms with Crippen LogP contribution in [0.25, 0.3) is 11.0 Å². The number of urea groups is 1. The molecule has 3 aliphatic rings. The van der Waals surface area contributed by atoms with E-state index in [0.29, 0.717) is 50.4 Å². The second-order valence-electron chi connectivity index (χ2n) is 11.9. The number of hydrogen-bond acceptors (Lipinski definition) is 6. The number of piperazine rings is 1. The summed E-state index contributed by atoms with van der Waals surface area (Å²) in [6, 6.07) is 7.73. The molecular weight excluding hydrogens is 526 g/mol. The van der Waals surface area contributed by atoms with Gasteiger partial charge in [0.15, 0.2) is 0 Å². The van der Waals surface area contributed by atoms with Gasteiger partial charge < -0.3 is 24.8 Å². The molecule has 0 unspecified atom stereocenters. The number of rotatable bonds is 6. The highest BCUT2D eigenvalue weighted by Gasteiger charge is 2.41. The molecule has 12 heteroatoms. The summed E-state index contributed by atoms with van der Waals surface area (Å²) in [5.74, 6) is 0. The maximum Gasteiger partial charge on any atom is 0.409 e. The van der Waals surface area contributed by atoms with Crippen LogP contribution in [0.1, 0.15) is 52.0 Å². The fourth-order valence-corrected chi connectivity index (χ4v) is 6.72. The van der Waals surface area contributed by atoms with E-state index in [1.807, 2.05) is 38.1 Å². The number of hydrogen-bond donors (Lipinski definition) is 1. The Kier molecular flexibility index (Phi) is 8.58. The van der Waals surface area contributed by atoms with E-state index in [1.165, 1.54) is 4.57 Å². The van der Waals surface area contributed by atoms with E-state index in [-0.39, 0.29) is 35.9 Å². The van der Waals surface area contributed by atoms with Gasteiger partial charge in [-0.3, -0.25) is 9.47 Å². The molecule has 2 atom stereocenters. The van der Waals surface area contributed by atoms with Crippen molar-refractivity contribution in [3.63, 3.8) is 0 Å². The van der Waals surface area contributed by atoms with Gasteiger partial charge in [0.1, 0.15) is 0 Å². The van der Waals surface area contributed by atoms with Crippen molar-refractivity contribution in [2.24, 2.45) is 0 Å². The first-order valence-corrected chi connectivity index (χ1v) is 14.8. The average molecular weight is 570 g/mol. The van der Waals surface area contributed by atoms with Crippen molar-refractivity contribution in [2.75, 3.05) is 53.4 Å². The number of benzene rings is 1. The molecule has 3 fully saturated rings. The third kappa shape index (κ3) is 5.93. The Bertz CT molecular complexity index is 1310. The average Bonchev–Trinajstić information content (AvgIpc) is 3.38. The van der Waals surface area contributed by atoms with Gasteiger partial charge in [0.25, 0.3) is 0 Å². The van der Waals surface area contributed by atoms with Crippen molar-refractivity contribution in [1.82, 2.24) is 34.1 Å². The summed E-state index contributed by atoms with van der Waals surface area (Å²) >= 11 is 0. The fourth-order valence-electron chi connectivity index (χ4n) is 6.72. The topological polar surface area (TPSA) is 112 Å².